The van der Waals surface area contributed by atoms with Gasteiger partial charge in [0.05, 0.1) is 0 Å². The van der Waals surface area contributed by atoms with Crippen LogP contribution in [-0.4, -0.2) is 11.9 Å². The molecule has 0 aliphatic carbocycles. The molecule has 2 fully saturated rings. The third-order valence-electron chi connectivity index (χ3n) is 9.45. The van der Waals surface area contributed by atoms with Crippen LogP contribution in [0.5, 0.6) is 0 Å². The molecule has 4 nitrogen and oxygen atoms in total. The SMILES string of the molecule is Cc1ccc(C2(c3ccc(C)cc3)C(=O)OC2c2ccc(C3OC(=O)C3(c3ccc(C)cc3)c3ccc(C)cc3)cc2)cc1. The maximum Gasteiger partial charge on any atom is 0.325 e. The second kappa shape index (κ2) is 10.3. The van der Waals surface area contributed by atoms with E-state index in [9.17, 15) is 9.59 Å². The summed E-state index contributed by atoms with van der Waals surface area (Å²) in [5.41, 5.74) is 7.98. The van der Waals surface area contributed by atoms with Crippen LogP contribution in [-0.2, 0) is 29.9 Å². The van der Waals surface area contributed by atoms with Gasteiger partial charge in [-0.3, -0.25) is 9.59 Å². The molecule has 2 heterocycles. The molecule has 218 valence electrons. The number of cyclic esters (lactones) is 2. The average molecular weight is 579 g/mol. The first kappa shape index (κ1) is 27.8. The number of benzene rings is 5. The van der Waals surface area contributed by atoms with Crippen LogP contribution in [0.1, 0.15) is 67.8 Å². The Morgan fingerprint density at radius 1 is 0.386 bits per heavy atom. The maximum atomic E-state index is 13.5. The van der Waals surface area contributed by atoms with Crippen LogP contribution < -0.4 is 0 Å². The molecule has 5 aromatic carbocycles. The van der Waals surface area contributed by atoms with Gasteiger partial charge in [0.2, 0.25) is 0 Å². The van der Waals surface area contributed by atoms with Gasteiger partial charge in [0.15, 0.2) is 23.0 Å². The van der Waals surface area contributed by atoms with E-state index in [4.69, 9.17) is 9.47 Å². The van der Waals surface area contributed by atoms with Crippen molar-refractivity contribution in [3.05, 3.63) is 177 Å². The van der Waals surface area contributed by atoms with E-state index in [1.54, 1.807) is 0 Å². The van der Waals surface area contributed by atoms with Crippen molar-refractivity contribution < 1.29 is 19.1 Å². The Bertz CT molecular complexity index is 1620. The van der Waals surface area contributed by atoms with Gasteiger partial charge in [0, 0.05) is 0 Å². The van der Waals surface area contributed by atoms with Crippen molar-refractivity contribution >= 4 is 11.9 Å². The molecule has 0 N–H and O–H groups in total. The Hall–Kier alpha value is -4.96. The summed E-state index contributed by atoms with van der Waals surface area (Å²) in [5, 5.41) is 0. The number of ether oxygens (including phenoxy) is 2. The molecule has 0 saturated carbocycles. The molecule has 0 aromatic heterocycles. The minimum absolute atomic E-state index is 0.259. The number of aryl methyl sites for hydroxylation is 4. The highest BCUT2D eigenvalue weighted by molar-refractivity contribution is 5.95. The summed E-state index contributed by atoms with van der Waals surface area (Å²) >= 11 is 0. The van der Waals surface area contributed by atoms with Crippen LogP contribution >= 0.6 is 0 Å². The van der Waals surface area contributed by atoms with Crippen molar-refractivity contribution in [2.45, 2.75) is 50.7 Å². The fraction of sp³-hybridized carbons (Fsp3) is 0.200. The number of hydrogen-bond acceptors (Lipinski definition) is 4. The van der Waals surface area contributed by atoms with Crippen LogP contribution in [0.3, 0.4) is 0 Å². The summed E-state index contributed by atoms with van der Waals surface area (Å²) in [4.78, 5) is 27.1. The lowest BCUT2D eigenvalue weighted by atomic mass is 9.63. The third kappa shape index (κ3) is 4.05. The molecular weight excluding hydrogens is 544 g/mol. The molecule has 2 saturated heterocycles. The Morgan fingerprint density at radius 3 is 0.818 bits per heavy atom. The van der Waals surface area contributed by atoms with Crippen LogP contribution in [0.4, 0.5) is 0 Å². The second-order valence-electron chi connectivity index (χ2n) is 12.3. The quantitative estimate of drug-likeness (QED) is 0.191. The van der Waals surface area contributed by atoms with Crippen molar-refractivity contribution in [3.8, 4) is 0 Å². The Morgan fingerprint density at radius 2 is 0.614 bits per heavy atom. The summed E-state index contributed by atoms with van der Waals surface area (Å²) in [7, 11) is 0. The molecule has 4 heteroatoms. The molecule has 2 atom stereocenters. The van der Waals surface area contributed by atoms with Gasteiger partial charge in [0.1, 0.15) is 0 Å². The van der Waals surface area contributed by atoms with Crippen molar-refractivity contribution in [3.63, 3.8) is 0 Å². The summed E-state index contributed by atoms with van der Waals surface area (Å²) in [6.07, 6.45) is -1.00. The predicted molar refractivity (Wildman–Crippen MR) is 170 cm³/mol. The van der Waals surface area contributed by atoms with E-state index in [1.165, 1.54) is 0 Å². The topological polar surface area (TPSA) is 52.6 Å². The summed E-state index contributed by atoms with van der Waals surface area (Å²) in [5.74, 6) is -0.519. The van der Waals surface area contributed by atoms with Gasteiger partial charge in [-0.05, 0) is 61.1 Å². The smallest absolute Gasteiger partial charge is 0.325 e. The summed E-state index contributed by atoms with van der Waals surface area (Å²) < 4.78 is 11.9. The zero-order valence-corrected chi connectivity index (χ0v) is 25.3. The van der Waals surface area contributed by atoms with E-state index in [1.807, 2.05) is 149 Å². The van der Waals surface area contributed by atoms with Crippen LogP contribution in [0.2, 0.25) is 0 Å². The summed E-state index contributed by atoms with van der Waals surface area (Å²) in [6.45, 7) is 8.16. The molecule has 0 radical (unpaired) electrons. The first-order valence-corrected chi connectivity index (χ1v) is 15.0. The highest BCUT2D eigenvalue weighted by Gasteiger charge is 2.62. The first-order valence-electron chi connectivity index (χ1n) is 15.0. The number of esters is 2. The van der Waals surface area contributed by atoms with Gasteiger partial charge in [-0.15, -0.1) is 0 Å². The van der Waals surface area contributed by atoms with Gasteiger partial charge >= 0.3 is 11.9 Å². The van der Waals surface area contributed by atoms with Crippen LogP contribution in [0.15, 0.2) is 121 Å². The molecule has 0 bridgehead atoms. The van der Waals surface area contributed by atoms with Crippen molar-refractivity contribution in [2.75, 3.05) is 0 Å². The molecule has 5 aromatic rings. The third-order valence-corrected chi connectivity index (χ3v) is 9.45. The number of carbonyl (C=O) groups excluding carboxylic acids is 2. The molecule has 2 aliphatic rings. The molecule has 2 aliphatic heterocycles. The Balaban J connectivity index is 1.30. The molecule has 44 heavy (non-hydrogen) atoms. The van der Waals surface area contributed by atoms with Crippen molar-refractivity contribution in [1.29, 1.82) is 0 Å². The Kier molecular flexibility index (Phi) is 6.55. The van der Waals surface area contributed by atoms with Gasteiger partial charge < -0.3 is 9.47 Å². The van der Waals surface area contributed by atoms with Crippen molar-refractivity contribution in [2.24, 2.45) is 0 Å². The first-order chi connectivity index (χ1) is 21.2. The van der Waals surface area contributed by atoms with E-state index < -0.39 is 23.0 Å². The molecule has 2 unspecified atom stereocenters. The van der Waals surface area contributed by atoms with Crippen LogP contribution in [0.25, 0.3) is 0 Å². The number of carbonyl (C=O) groups is 2. The highest BCUT2D eigenvalue weighted by atomic mass is 16.6. The lowest BCUT2D eigenvalue weighted by molar-refractivity contribution is -0.188. The van der Waals surface area contributed by atoms with Gasteiger partial charge in [-0.25, -0.2) is 0 Å². The van der Waals surface area contributed by atoms with Gasteiger partial charge in [-0.1, -0.05) is 144 Å². The number of rotatable bonds is 6. The zero-order chi connectivity index (χ0) is 30.6. The lowest BCUT2D eigenvalue weighted by Gasteiger charge is -2.49. The van der Waals surface area contributed by atoms with Crippen molar-refractivity contribution in [1.82, 2.24) is 0 Å². The second-order valence-corrected chi connectivity index (χ2v) is 12.3. The Labute approximate surface area is 258 Å². The minimum Gasteiger partial charge on any atom is -0.454 e. The average Bonchev–Trinajstić information content (AvgIpc) is 3.03. The molecule has 7 rings (SSSR count). The van der Waals surface area contributed by atoms with E-state index in [0.717, 1.165) is 55.6 Å². The number of hydrogen-bond donors (Lipinski definition) is 0. The van der Waals surface area contributed by atoms with E-state index >= 15 is 0 Å². The summed E-state index contributed by atoms with van der Waals surface area (Å²) in [6, 6.07) is 40.6. The highest BCUT2D eigenvalue weighted by Crippen LogP contribution is 2.56. The lowest BCUT2D eigenvalue weighted by Crippen LogP contribution is -2.55. The fourth-order valence-corrected chi connectivity index (χ4v) is 6.83. The van der Waals surface area contributed by atoms with Gasteiger partial charge in [0.25, 0.3) is 0 Å². The standard InChI is InChI=1S/C40H34O4/c1-25-5-17-31(18-6-25)39(32-19-7-26(2)8-20-32)35(43-37(39)41)29-13-15-30(16-14-29)36-40(38(42)44-36,33-21-9-27(3)10-22-33)34-23-11-28(4)12-24-34/h5-24,35-36H,1-4H3. The molecular formula is C40H34O4. The van der Waals surface area contributed by atoms with E-state index in [2.05, 4.69) is 0 Å². The van der Waals surface area contributed by atoms with E-state index in [0.29, 0.717) is 0 Å². The largest absolute Gasteiger partial charge is 0.454 e. The molecule has 0 amide bonds. The normalized spacial score (nSPS) is 19.7. The predicted octanol–water partition coefficient (Wildman–Crippen LogP) is 8.09. The maximum absolute atomic E-state index is 13.5. The monoisotopic (exact) mass is 578 g/mol. The fourth-order valence-electron chi connectivity index (χ4n) is 6.83. The minimum atomic E-state index is -0.959. The molecule has 0 spiro atoms. The zero-order valence-electron chi connectivity index (χ0n) is 25.3. The van der Waals surface area contributed by atoms with E-state index in [-0.39, 0.29) is 11.9 Å². The van der Waals surface area contributed by atoms with Gasteiger partial charge in [-0.2, -0.15) is 0 Å². The van der Waals surface area contributed by atoms with Crippen LogP contribution in [0, 0.1) is 27.7 Å².